The first-order valence-corrected chi connectivity index (χ1v) is 7.57. The second-order valence-electron chi connectivity index (χ2n) is 5.25. The number of nitrogens with two attached hydrogens (primary N) is 1. The van der Waals surface area contributed by atoms with Gasteiger partial charge in [0.2, 0.25) is 12.0 Å². The maximum Gasteiger partial charge on any atom is 0.355 e. The van der Waals surface area contributed by atoms with Crippen molar-refractivity contribution in [1.82, 2.24) is 5.32 Å². The monoisotopic (exact) mass is 338 g/mol. The van der Waals surface area contributed by atoms with Gasteiger partial charge in [0.15, 0.2) is 0 Å². The highest BCUT2D eigenvalue weighted by molar-refractivity contribution is 5.98. The molecule has 2 rings (SSSR count). The van der Waals surface area contributed by atoms with Gasteiger partial charge in [0.05, 0.1) is 0 Å². The zero-order valence-corrected chi connectivity index (χ0v) is 13.6. The number of ether oxygens (including phenoxy) is 1. The molecule has 2 aromatic rings. The second kappa shape index (κ2) is 8.44. The molecule has 0 unspecified atom stereocenters. The third kappa shape index (κ3) is 5.31. The minimum atomic E-state index is -1.25. The standard InChI is InChI=1S/C19H18N2O4/c1-13(22)21-16(12-14-8-4-2-5-9-14)19(24)25-17(18(20)23)15-10-6-3-7-11-15/h2-12,17H,1H3,(H2,20,23)(H,21,22)/b16-12-/t17-/m1/s1. The Balaban J connectivity index is 2.28. The number of primary amides is 1. The molecule has 0 spiro atoms. The average molecular weight is 338 g/mol. The van der Waals surface area contributed by atoms with Crippen molar-refractivity contribution < 1.29 is 19.1 Å². The zero-order valence-electron chi connectivity index (χ0n) is 13.6. The Morgan fingerprint density at radius 2 is 1.56 bits per heavy atom. The number of rotatable bonds is 6. The van der Waals surface area contributed by atoms with E-state index in [0.717, 1.165) is 0 Å². The smallest absolute Gasteiger partial charge is 0.355 e. The Hall–Kier alpha value is -3.41. The number of esters is 1. The highest BCUT2D eigenvalue weighted by Crippen LogP contribution is 2.18. The van der Waals surface area contributed by atoms with Crippen molar-refractivity contribution in [3.63, 3.8) is 0 Å². The molecular weight excluding hydrogens is 320 g/mol. The van der Waals surface area contributed by atoms with Gasteiger partial charge in [-0.1, -0.05) is 60.7 Å². The first-order valence-electron chi connectivity index (χ1n) is 7.57. The van der Waals surface area contributed by atoms with E-state index in [0.29, 0.717) is 11.1 Å². The van der Waals surface area contributed by atoms with Crippen molar-refractivity contribution in [2.75, 3.05) is 0 Å². The summed E-state index contributed by atoms with van der Waals surface area (Å²) in [7, 11) is 0. The summed E-state index contributed by atoms with van der Waals surface area (Å²) in [6.45, 7) is 1.27. The number of carbonyl (C=O) groups is 3. The lowest BCUT2D eigenvalue weighted by Crippen LogP contribution is -2.31. The first kappa shape index (κ1) is 17.9. The van der Waals surface area contributed by atoms with Crippen LogP contribution in [0.25, 0.3) is 6.08 Å². The summed E-state index contributed by atoms with van der Waals surface area (Å²) in [5.74, 6) is -2.09. The molecule has 2 aromatic carbocycles. The van der Waals surface area contributed by atoms with Crippen molar-refractivity contribution in [1.29, 1.82) is 0 Å². The predicted molar refractivity (Wildman–Crippen MR) is 92.7 cm³/mol. The van der Waals surface area contributed by atoms with Gasteiger partial charge in [0, 0.05) is 12.5 Å². The molecule has 3 N–H and O–H groups in total. The lowest BCUT2D eigenvalue weighted by molar-refractivity contribution is -0.152. The van der Waals surface area contributed by atoms with Gasteiger partial charge >= 0.3 is 5.97 Å². The molecule has 0 heterocycles. The maximum atomic E-state index is 12.5. The lowest BCUT2D eigenvalue weighted by Gasteiger charge is -2.16. The Labute approximate surface area is 145 Å². The Kier molecular flexibility index (Phi) is 6.06. The molecule has 0 bridgehead atoms. The quantitative estimate of drug-likeness (QED) is 0.621. The Morgan fingerprint density at radius 3 is 2.08 bits per heavy atom. The van der Waals surface area contributed by atoms with Crippen molar-refractivity contribution in [2.24, 2.45) is 5.73 Å². The minimum absolute atomic E-state index is 0.0825. The van der Waals surface area contributed by atoms with Crippen LogP contribution in [0, 0.1) is 0 Å². The van der Waals surface area contributed by atoms with Crippen LogP contribution in [0.5, 0.6) is 0 Å². The number of nitrogens with one attached hydrogen (secondary N) is 1. The SMILES string of the molecule is CC(=O)N/C(=C\c1ccccc1)C(=O)O[C@@H](C(N)=O)c1ccccc1. The molecule has 0 saturated heterocycles. The molecule has 0 aliphatic carbocycles. The summed E-state index contributed by atoms with van der Waals surface area (Å²) in [6, 6.07) is 17.4. The highest BCUT2D eigenvalue weighted by Gasteiger charge is 2.24. The van der Waals surface area contributed by atoms with Crippen molar-refractivity contribution in [2.45, 2.75) is 13.0 Å². The molecule has 25 heavy (non-hydrogen) atoms. The van der Waals surface area contributed by atoms with Crippen LogP contribution in [0.3, 0.4) is 0 Å². The van der Waals surface area contributed by atoms with Gasteiger partial charge < -0.3 is 15.8 Å². The molecule has 2 amide bonds. The highest BCUT2D eigenvalue weighted by atomic mass is 16.5. The van der Waals surface area contributed by atoms with Crippen molar-refractivity contribution in [3.05, 3.63) is 77.5 Å². The fourth-order valence-corrected chi connectivity index (χ4v) is 2.14. The fraction of sp³-hybridized carbons (Fsp3) is 0.105. The maximum absolute atomic E-state index is 12.5. The van der Waals surface area contributed by atoms with E-state index in [1.54, 1.807) is 54.6 Å². The van der Waals surface area contributed by atoms with E-state index >= 15 is 0 Å². The zero-order chi connectivity index (χ0) is 18.2. The predicted octanol–water partition coefficient (Wildman–Crippen LogP) is 1.93. The van der Waals surface area contributed by atoms with Crippen LogP contribution in [-0.2, 0) is 19.1 Å². The third-order valence-electron chi connectivity index (χ3n) is 3.23. The molecule has 0 aliphatic heterocycles. The molecule has 1 atom stereocenters. The molecule has 0 fully saturated rings. The summed E-state index contributed by atoms with van der Waals surface area (Å²) in [4.78, 5) is 35.5. The Bertz CT molecular complexity index is 786. The molecule has 0 radical (unpaired) electrons. The number of hydrogen-bond donors (Lipinski definition) is 2. The van der Waals surface area contributed by atoms with Crippen LogP contribution < -0.4 is 11.1 Å². The van der Waals surface area contributed by atoms with Gasteiger partial charge in [-0.2, -0.15) is 0 Å². The van der Waals surface area contributed by atoms with Crippen LogP contribution >= 0.6 is 0 Å². The van der Waals surface area contributed by atoms with Crippen LogP contribution in [0.15, 0.2) is 66.4 Å². The molecule has 128 valence electrons. The fourth-order valence-electron chi connectivity index (χ4n) is 2.14. The van der Waals surface area contributed by atoms with E-state index < -0.39 is 23.9 Å². The molecule has 0 saturated carbocycles. The first-order chi connectivity index (χ1) is 12.0. The van der Waals surface area contributed by atoms with E-state index in [1.165, 1.54) is 13.0 Å². The van der Waals surface area contributed by atoms with E-state index in [2.05, 4.69) is 5.32 Å². The van der Waals surface area contributed by atoms with Gasteiger partial charge in [-0.15, -0.1) is 0 Å². The normalized spacial score (nSPS) is 12.1. The van der Waals surface area contributed by atoms with Crippen molar-refractivity contribution >= 4 is 23.9 Å². The van der Waals surface area contributed by atoms with Gasteiger partial charge in [0.25, 0.3) is 5.91 Å². The molecular formula is C19H18N2O4. The molecule has 0 aliphatic rings. The van der Waals surface area contributed by atoms with Crippen molar-refractivity contribution in [3.8, 4) is 0 Å². The topological polar surface area (TPSA) is 98.5 Å². The molecule has 0 aromatic heterocycles. The summed E-state index contributed by atoms with van der Waals surface area (Å²) in [6.07, 6.45) is 0.217. The van der Waals surface area contributed by atoms with E-state index in [9.17, 15) is 14.4 Å². The number of hydrogen-bond acceptors (Lipinski definition) is 4. The van der Waals surface area contributed by atoms with Gasteiger partial charge in [-0.3, -0.25) is 9.59 Å². The third-order valence-corrected chi connectivity index (χ3v) is 3.23. The minimum Gasteiger partial charge on any atom is -0.443 e. The molecule has 6 heteroatoms. The van der Waals surface area contributed by atoms with Gasteiger partial charge in [0.1, 0.15) is 5.70 Å². The summed E-state index contributed by atoms with van der Waals surface area (Å²) < 4.78 is 5.24. The summed E-state index contributed by atoms with van der Waals surface area (Å²) in [5, 5.41) is 2.42. The van der Waals surface area contributed by atoms with Crippen LogP contribution in [0.4, 0.5) is 0 Å². The lowest BCUT2D eigenvalue weighted by atomic mass is 10.1. The molecule has 6 nitrogen and oxygen atoms in total. The van der Waals surface area contributed by atoms with Crippen LogP contribution in [0.1, 0.15) is 24.2 Å². The van der Waals surface area contributed by atoms with E-state index in [1.807, 2.05) is 6.07 Å². The van der Waals surface area contributed by atoms with Gasteiger partial charge in [-0.05, 0) is 11.6 Å². The second-order valence-corrected chi connectivity index (χ2v) is 5.25. The van der Waals surface area contributed by atoms with Gasteiger partial charge in [-0.25, -0.2) is 4.79 Å². The summed E-state index contributed by atoms with van der Waals surface area (Å²) >= 11 is 0. The number of benzene rings is 2. The average Bonchev–Trinajstić information content (AvgIpc) is 2.60. The van der Waals surface area contributed by atoms with Crippen LogP contribution in [-0.4, -0.2) is 17.8 Å². The Morgan fingerprint density at radius 1 is 1.00 bits per heavy atom. The number of carbonyl (C=O) groups excluding carboxylic acids is 3. The van der Waals surface area contributed by atoms with Crippen LogP contribution in [0.2, 0.25) is 0 Å². The summed E-state index contributed by atoms with van der Waals surface area (Å²) in [5.41, 5.74) is 6.41. The van der Waals surface area contributed by atoms with E-state index in [4.69, 9.17) is 10.5 Å². The number of amides is 2. The van der Waals surface area contributed by atoms with E-state index in [-0.39, 0.29) is 5.70 Å². The largest absolute Gasteiger partial charge is 0.443 e.